The minimum absolute atomic E-state index is 0.706. The van der Waals surface area contributed by atoms with Crippen LogP contribution in [0.2, 0.25) is 0 Å². The van der Waals surface area contributed by atoms with Gasteiger partial charge in [0.2, 0.25) is 0 Å². The van der Waals surface area contributed by atoms with E-state index in [4.69, 9.17) is 4.74 Å². The Hall–Kier alpha value is -0.870. The first-order valence-corrected chi connectivity index (χ1v) is 6.12. The van der Waals surface area contributed by atoms with E-state index < -0.39 is 0 Å². The summed E-state index contributed by atoms with van der Waals surface area (Å²) in [6, 6.07) is 0. The first-order valence-electron chi connectivity index (χ1n) is 6.12. The summed E-state index contributed by atoms with van der Waals surface area (Å²) in [4.78, 5) is 4.18. The van der Waals surface area contributed by atoms with Gasteiger partial charge in [-0.05, 0) is 32.2 Å². The molecule has 1 atom stereocenters. The second-order valence-electron chi connectivity index (χ2n) is 4.46. The molecule has 16 heavy (non-hydrogen) atoms. The van der Waals surface area contributed by atoms with Crippen molar-refractivity contribution in [2.24, 2.45) is 5.92 Å². The van der Waals surface area contributed by atoms with Gasteiger partial charge in [-0.3, -0.25) is 0 Å². The number of imidazole rings is 1. The molecule has 0 spiro atoms. The van der Waals surface area contributed by atoms with Crippen molar-refractivity contribution in [3.05, 3.63) is 18.2 Å². The average molecular weight is 223 g/mol. The van der Waals surface area contributed by atoms with E-state index in [9.17, 15) is 0 Å². The van der Waals surface area contributed by atoms with Crippen LogP contribution in [0.5, 0.6) is 0 Å². The van der Waals surface area contributed by atoms with Gasteiger partial charge in [0.15, 0.2) is 0 Å². The van der Waals surface area contributed by atoms with E-state index >= 15 is 0 Å². The maximum absolute atomic E-state index is 5.71. The number of hydrogen-bond donors (Lipinski definition) is 1. The summed E-state index contributed by atoms with van der Waals surface area (Å²) in [5, 5.41) is 3.40. The maximum atomic E-state index is 5.71. The van der Waals surface area contributed by atoms with Gasteiger partial charge in [0, 0.05) is 25.5 Å². The van der Waals surface area contributed by atoms with Gasteiger partial charge in [-0.25, -0.2) is 4.98 Å². The lowest BCUT2D eigenvalue weighted by Crippen LogP contribution is -2.32. The Bertz CT molecular complexity index is 305. The van der Waals surface area contributed by atoms with Gasteiger partial charge in [0.1, 0.15) is 5.82 Å². The Morgan fingerprint density at radius 3 is 3.25 bits per heavy atom. The van der Waals surface area contributed by atoms with E-state index in [0.29, 0.717) is 5.92 Å². The van der Waals surface area contributed by atoms with Crippen molar-refractivity contribution in [3.8, 4) is 0 Å². The van der Waals surface area contributed by atoms with Gasteiger partial charge in [-0.2, -0.15) is 0 Å². The van der Waals surface area contributed by atoms with Crippen LogP contribution in [0.15, 0.2) is 12.4 Å². The lowest BCUT2D eigenvalue weighted by Gasteiger charge is -2.22. The van der Waals surface area contributed by atoms with Crippen LogP contribution in [0.1, 0.15) is 18.7 Å². The third-order valence-corrected chi connectivity index (χ3v) is 3.15. The van der Waals surface area contributed by atoms with Crippen LogP contribution in [-0.2, 0) is 11.3 Å². The normalized spacial score (nSPS) is 21.2. The smallest absolute Gasteiger partial charge is 0.105 e. The largest absolute Gasteiger partial charge is 0.379 e. The van der Waals surface area contributed by atoms with E-state index in [1.807, 2.05) is 19.3 Å². The molecule has 1 saturated heterocycles. The van der Waals surface area contributed by atoms with Gasteiger partial charge in [-0.1, -0.05) is 0 Å². The van der Waals surface area contributed by atoms with Crippen LogP contribution in [0, 0.1) is 12.8 Å². The van der Waals surface area contributed by atoms with Gasteiger partial charge in [-0.15, -0.1) is 0 Å². The number of hydrogen-bond acceptors (Lipinski definition) is 3. The zero-order chi connectivity index (χ0) is 11.2. The second kappa shape index (κ2) is 6.01. The van der Waals surface area contributed by atoms with Crippen LogP contribution >= 0.6 is 0 Å². The van der Waals surface area contributed by atoms with Crippen molar-refractivity contribution in [2.75, 3.05) is 26.3 Å². The summed E-state index contributed by atoms with van der Waals surface area (Å²) in [5.74, 6) is 1.76. The van der Waals surface area contributed by atoms with Crippen molar-refractivity contribution < 1.29 is 4.74 Å². The molecular weight excluding hydrogens is 202 g/mol. The molecule has 0 radical (unpaired) electrons. The Balaban J connectivity index is 1.59. The first kappa shape index (κ1) is 11.6. The molecule has 1 fully saturated rings. The summed E-state index contributed by atoms with van der Waals surface area (Å²) < 4.78 is 7.84. The lowest BCUT2D eigenvalue weighted by atomic mass is 10.0. The minimum atomic E-state index is 0.706. The summed E-state index contributed by atoms with van der Waals surface area (Å²) >= 11 is 0. The number of aromatic nitrogens is 2. The predicted molar refractivity (Wildman–Crippen MR) is 63.4 cm³/mol. The molecule has 4 nitrogen and oxygen atoms in total. The SMILES string of the molecule is Cc1nccn1CCOCC1CCCNC1. The molecule has 1 aliphatic heterocycles. The number of aryl methyl sites for hydroxylation is 1. The topological polar surface area (TPSA) is 39.1 Å². The van der Waals surface area contributed by atoms with Crippen LogP contribution in [-0.4, -0.2) is 35.9 Å². The van der Waals surface area contributed by atoms with E-state index in [0.717, 1.165) is 32.1 Å². The van der Waals surface area contributed by atoms with Gasteiger partial charge >= 0.3 is 0 Å². The summed E-state index contributed by atoms with van der Waals surface area (Å²) in [6.07, 6.45) is 6.42. The quantitative estimate of drug-likeness (QED) is 0.763. The molecule has 2 heterocycles. The third kappa shape index (κ3) is 3.32. The molecule has 2 rings (SSSR count). The fourth-order valence-corrected chi connectivity index (χ4v) is 2.12. The number of rotatable bonds is 5. The maximum Gasteiger partial charge on any atom is 0.105 e. The van der Waals surface area contributed by atoms with Crippen LogP contribution in [0.4, 0.5) is 0 Å². The molecule has 1 aromatic rings. The van der Waals surface area contributed by atoms with Crippen molar-refractivity contribution in [1.29, 1.82) is 0 Å². The minimum Gasteiger partial charge on any atom is -0.379 e. The molecule has 1 aromatic heterocycles. The molecule has 1 aliphatic rings. The van der Waals surface area contributed by atoms with E-state index in [1.165, 1.54) is 19.4 Å². The number of nitrogens with one attached hydrogen (secondary N) is 1. The highest BCUT2D eigenvalue weighted by Gasteiger charge is 2.12. The number of piperidine rings is 1. The molecule has 0 aliphatic carbocycles. The van der Waals surface area contributed by atoms with Crippen molar-refractivity contribution in [2.45, 2.75) is 26.3 Å². The van der Waals surface area contributed by atoms with E-state index in [-0.39, 0.29) is 0 Å². The molecular formula is C12H21N3O. The molecule has 0 amide bonds. The summed E-state index contributed by atoms with van der Waals surface area (Å²) in [5.41, 5.74) is 0. The summed E-state index contributed by atoms with van der Waals surface area (Å²) in [6.45, 7) is 6.89. The zero-order valence-corrected chi connectivity index (χ0v) is 9.98. The molecule has 0 aromatic carbocycles. The van der Waals surface area contributed by atoms with Gasteiger partial charge in [0.05, 0.1) is 13.2 Å². The van der Waals surface area contributed by atoms with E-state index in [2.05, 4.69) is 14.9 Å². The number of nitrogens with zero attached hydrogens (tertiary/aromatic N) is 2. The highest BCUT2D eigenvalue weighted by molar-refractivity contribution is 4.87. The van der Waals surface area contributed by atoms with E-state index in [1.54, 1.807) is 0 Å². The molecule has 1 N–H and O–H groups in total. The Kier molecular flexibility index (Phi) is 4.36. The van der Waals surface area contributed by atoms with Crippen molar-refractivity contribution in [3.63, 3.8) is 0 Å². The van der Waals surface area contributed by atoms with Crippen molar-refractivity contribution >= 4 is 0 Å². The predicted octanol–water partition coefficient (Wildman–Crippen LogP) is 1.21. The standard InChI is InChI=1S/C12H21N3O/c1-11-14-5-6-15(11)7-8-16-10-12-3-2-4-13-9-12/h5-6,12-13H,2-4,7-10H2,1H3. The fraction of sp³-hybridized carbons (Fsp3) is 0.750. The Morgan fingerprint density at radius 2 is 2.56 bits per heavy atom. The Labute approximate surface area is 97.0 Å². The van der Waals surface area contributed by atoms with Crippen molar-refractivity contribution in [1.82, 2.24) is 14.9 Å². The fourth-order valence-electron chi connectivity index (χ4n) is 2.12. The van der Waals surface area contributed by atoms with Crippen LogP contribution < -0.4 is 5.32 Å². The number of ether oxygens (including phenoxy) is 1. The first-order chi connectivity index (χ1) is 7.86. The highest BCUT2D eigenvalue weighted by Crippen LogP contribution is 2.09. The lowest BCUT2D eigenvalue weighted by molar-refractivity contribution is 0.0839. The van der Waals surface area contributed by atoms with Gasteiger partial charge < -0.3 is 14.6 Å². The monoisotopic (exact) mass is 223 g/mol. The molecule has 0 bridgehead atoms. The molecule has 1 unspecified atom stereocenters. The van der Waals surface area contributed by atoms with Crippen LogP contribution in [0.3, 0.4) is 0 Å². The third-order valence-electron chi connectivity index (χ3n) is 3.15. The highest BCUT2D eigenvalue weighted by atomic mass is 16.5. The van der Waals surface area contributed by atoms with Gasteiger partial charge in [0.25, 0.3) is 0 Å². The van der Waals surface area contributed by atoms with Crippen LogP contribution in [0.25, 0.3) is 0 Å². The summed E-state index contributed by atoms with van der Waals surface area (Å²) in [7, 11) is 0. The average Bonchev–Trinajstić information content (AvgIpc) is 2.72. The zero-order valence-electron chi connectivity index (χ0n) is 9.98. The molecule has 90 valence electrons. The Morgan fingerprint density at radius 1 is 1.62 bits per heavy atom. The molecule has 0 saturated carbocycles. The second-order valence-corrected chi connectivity index (χ2v) is 4.46. The molecule has 4 heteroatoms.